The van der Waals surface area contributed by atoms with Gasteiger partial charge >= 0.3 is 0 Å². The average Bonchev–Trinajstić information content (AvgIpc) is 2.73. The normalized spacial score (nSPS) is 17.8. The Hall–Kier alpha value is -1.43. The van der Waals surface area contributed by atoms with Gasteiger partial charge in [0, 0.05) is 13.0 Å². The summed E-state index contributed by atoms with van der Waals surface area (Å²) in [5.41, 5.74) is 5.08. The maximum absolute atomic E-state index is 11.4. The average molecular weight is 196 g/mol. The molecule has 1 fully saturated rings. The molecule has 0 bridgehead atoms. The van der Waals surface area contributed by atoms with Crippen molar-refractivity contribution in [1.29, 1.82) is 0 Å². The largest absolute Gasteiger partial charge is 0.354 e. The van der Waals surface area contributed by atoms with Crippen LogP contribution in [0, 0.1) is 0 Å². The van der Waals surface area contributed by atoms with Crippen LogP contribution in [0.1, 0.15) is 18.7 Å². The van der Waals surface area contributed by atoms with E-state index in [0.29, 0.717) is 18.9 Å². The first-order chi connectivity index (χ1) is 6.71. The summed E-state index contributed by atoms with van der Waals surface area (Å²) in [7, 11) is 0. The fraction of sp³-hybridized carbons (Fsp3) is 0.625. The minimum absolute atomic E-state index is 0.0861. The molecule has 0 radical (unpaired) electrons. The maximum Gasteiger partial charge on any atom is 0.240 e. The van der Waals surface area contributed by atoms with Crippen LogP contribution in [0.15, 0.2) is 10.9 Å². The van der Waals surface area contributed by atoms with Crippen LogP contribution >= 0.6 is 0 Å². The molecule has 1 amide bonds. The van der Waals surface area contributed by atoms with Crippen molar-refractivity contribution >= 4 is 5.91 Å². The molecule has 1 aliphatic carbocycles. The number of aromatic nitrogens is 2. The van der Waals surface area contributed by atoms with E-state index in [2.05, 4.69) is 15.5 Å². The van der Waals surface area contributed by atoms with Gasteiger partial charge in [-0.25, -0.2) is 0 Å². The third-order valence-corrected chi connectivity index (χ3v) is 2.27. The first-order valence-electron chi connectivity index (χ1n) is 4.53. The predicted octanol–water partition coefficient (Wildman–Crippen LogP) is -0.780. The van der Waals surface area contributed by atoms with Gasteiger partial charge in [0.15, 0.2) is 6.33 Å². The van der Waals surface area contributed by atoms with Crippen molar-refractivity contribution in [2.24, 2.45) is 5.73 Å². The summed E-state index contributed by atoms with van der Waals surface area (Å²) in [6, 6.07) is 0. The number of amides is 1. The van der Waals surface area contributed by atoms with Gasteiger partial charge in [0.05, 0.1) is 5.54 Å². The fourth-order valence-corrected chi connectivity index (χ4v) is 1.13. The van der Waals surface area contributed by atoms with Crippen LogP contribution in [0.5, 0.6) is 0 Å². The number of hydrogen-bond acceptors (Lipinski definition) is 5. The van der Waals surface area contributed by atoms with Crippen LogP contribution in [-0.4, -0.2) is 28.1 Å². The molecular formula is C8H12N4O2. The van der Waals surface area contributed by atoms with E-state index in [0.717, 1.165) is 12.8 Å². The number of carbonyl (C=O) groups excluding carboxylic acids is 1. The summed E-state index contributed by atoms with van der Waals surface area (Å²) in [5.74, 6) is 0.434. The van der Waals surface area contributed by atoms with Crippen molar-refractivity contribution in [2.75, 3.05) is 6.54 Å². The zero-order valence-electron chi connectivity index (χ0n) is 7.69. The van der Waals surface area contributed by atoms with Crippen LogP contribution in [0.25, 0.3) is 0 Å². The van der Waals surface area contributed by atoms with Crippen molar-refractivity contribution in [3.63, 3.8) is 0 Å². The molecule has 0 aromatic carbocycles. The molecule has 1 heterocycles. The molecule has 1 aromatic rings. The van der Waals surface area contributed by atoms with E-state index < -0.39 is 5.54 Å². The van der Waals surface area contributed by atoms with Gasteiger partial charge in [-0.3, -0.25) is 4.79 Å². The summed E-state index contributed by atoms with van der Waals surface area (Å²) < 4.78 is 4.77. The number of hydrogen-bond donors (Lipinski definition) is 2. The number of carbonyl (C=O) groups is 1. The summed E-state index contributed by atoms with van der Waals surface area (Å²) in [6.45, 7) is 0.486. The highest BCUT2D eigenvalue weighted by atomic mass is 16.5. The summed E-state index contributed by atoms with van der Waals surface area (Å²) in [4.78, 5) is 15.2. The van der Waals surface area contributed by atoms with Crippen molar-refractivity contribution in [1.82, 2.24) is 15.5 Å². The minimum Gasteiger partial charge on any atom is -0.354 e. The lowest BCUT2D eigenvalue weighted by atomic mass is 10.2. The molecule has 14 heavy (non-hydrogen) atoms. The second kappa shape index (κ2) is 3.38. The van der Waals surface area contributed by atoms with E-state index in [1.807, 2.05) is 0 Å². The van der Waals surface area contributed by atoms with Gasteiger partial charge in [0.2, 0.25) is 11.8 Å². The minimum atomic E-state index is -0.602. The Bertz CT molecular complexity index is 318. The number of nitrogens with one attached hydrogen (secondary N) is 1. The standard InChI is InChI=1S/C8H12N4O2/c9-8(2-3-8)7(13)10-4-1-6-11-5-12-14-6/h5H,1-4,9H2,(H,10,13). The Balaban J connectivity index is 1.71. The SMILES string of the molecule is NC1(C(=O)NCCc2ncno2)CC1. The van der Waals surface area contributed by atoms with E-state index in [-0.39, 0.29) is 5.91 Å². The Morgan fingerprint density at radius 2 is 2.50 bits per heavy atom. The van der Waals surface area contributed by atoms with Crippen molar-refractivity contribution in [3.05, 3.63) is 12.2 Å². The summed E-state index contributed by atoms with van der Waals surface area (Å²) in [5, 5.41) is 6.19. The molecule has 0 unspecified atom stereocenters. The first kappa shape index (κ1) is 9.14. The van der Waals surface area contributed by atoms with Gasteiger partial charge in [0.1, 0.15) is 0 Å². The van der Waals surface area contributed by atoms with Gasteiger partial charge in [0.25, 0.3) is 0 Å². The van der Waals surface area contributed by atoms with E-state index in [1.54, 1.807) is 0 Å². The smallest absolute Gasteiger partial charge is 0.240 e. The fourth-order valence-electron chi connectivity index (χ4n) is 1.13. The van der Waals surface area contributed by atoms with E-state index in [1.165, 1.54) is 6.33 Å². The third-order valence-electron chi connectivity index (χ3n) is 2.27. The molecule has 2 rings (SSSR count). The first-order valence-corrected chi connectivity index (χ1v) is 4.53. The second-order valence-electron chi connectivity index (χ2n) is 3.50. The van der Waals surface area contributed by atoms with Crippen molar-refractivity contribution in [3.8, 4) is 0 Å². The molecule has 0 aliphatic heterocycles. The molecule has 3 N–H and O–H groups in total. The highest BCUT2D eigenvalue weighted by molar-refractivity contribution is 5.88. The van der Waals surface area contributed by atoms with Crippen LogP contribution in [0.2, 0.25) is 0 Å². The van der Waals surface area contributed by atoms with E-state index in [4.69, 9.17) is 10.3 Å². The van der Waals surface area contributed by atoms with Gasteiger partial charge < -0.3 is 15.6 Å². The molecule has 1 aliphatic rings. The maximum atomic E-state index is 11.4. The zero-order valence-corrected chi connectivity index (χ0v) is 7.69. The van der Waals surface area contributed by atoms with Gasteiger partial charge in [-0.2, -0.15) is 4.98 Å². The highest BCUT2D eigenvalue weighted by Crippen LogP contribution is 2.31. The lowest BCUT2D eigenvalue weighted by molar-refractivity contribution is -0.123. The lowest BCUT2D eigenvalue weighted by Gasteiger charge is -2.08. The van der Waals surface area contributed by atoms with E-state index in [9.17, 15) is 4.79 Å². The topological polar surface area (TPSA) is 94.0 Å². The van der Waals surface area contributed by atoms with Crippen LogP contribution in [0.4, 0.5) is 0 Å². The zero-order chi connectivity index (χ0) is 10.0. The molecule has 6 nitrogen and oxygen atoms in total. The summed E-state index contributed by atoms with van der Waals surface area (Å²) in [6.07, 6.45) is 3.43. The molecule has 0 atom stereocenters. The highest BCUT2D eigenvalue weighted by Gasteiger charge is 2.45. The van der Waals surface area contributed by atoms with Crippen LogP contribution in [-0.2, 0) is 11.2 Å². The molecule has 1 aromatic heterocycles. The number of rotatable bonds is 4. The Labute approximate surface area is 80.9 Å². The Morgan fingerprint density at radius 3 is 3.07 bits per heavy atom. The molecule has 6 heteroatoms. The lowest BCUT2D eigenvalue weighted by Crippen LogP contribution is -2.43. The molecule has 0 spiro atoms. The van der Waals surface area contributed by atoms with Crippen LogP contribution in [0.3, 0.4) is 0 Å². The Kier molecular flexibility index (Phi) is 2.20. The number of nitrogens with zero attached hydrogens (tertiary/aromatic N) is 2. The molecule has 0 saturated heterocycles. The molecule has 76 valence electrons. The van der Waals surface area contributed by atoms with Gasteiger partial charge in [-0.15, -0.1) is 0 Å². The predicted molar refractivity (Wildman–Crippen MR) is 47.2 cm³/mol. The number of nitrogens with two attached hydrogens (primary N) is 1. The molecular weight excluding hydrogens is 184 g/mol. The monoisotopic (exact) mass is 196 g/mol. The van der Waals surface area contributed by atoms with Crippen molar-refractivity contribution < 1.29 is 9.32 Å². The summed E-state index contributed by atoms with van der Waals surface area (Å²) >= 11 is 0. The molecule has 1 saturated carbocycles. The van der Waals surface area contributed by atoms with Gasteiger partial charge in [-0.05, 0) is 12.8 Å². The van der Waals surface area contributed by atoms with Crippen LogP contribution < -0.4 is 11.1 Å². The third kappa shape index (κ3) is 1.90. The van der Waals surface area contributed by atoms with E-state index >= 15 is 0 Å². The quantitative estimate of drug-likeness (QED) is 0.658. The van der Waals surface area contributed by atoms with Crippen molar-refractivity contribution in [2.45, 2.75) is 24.8 Å². The Morgan fingerprint density at radius 1 is 1.71 bits per heavy atom. The van der Waals surface area contributed by atoms with Gasteiger partial charge in [-0.1, -0.05) is 5.16 Å². The second-order valence-corrected chi connectivity index (χ2v) is 3.50.